The summed E-state index contributed by atoms with van der Waals surface area (Å²) in [5.41, 5.74) is 13.9. The van der Waals surface area contributed by atoms with Gasteiger partial charge in [-0.15, -0.1) is 0 Å². The minimum atomic E-state index is -4.05. The van der Waals surface area contributed by atoms with Crippen LogP contribution >= 0.6 is 17.0 Å². The van der Waals surface area contributed by atoms with Crippen molar-refractivity contribution in [2.24, 2.45) is 0 Å². The van der Waals surface area contributed by atoms with E-state index >= 15 is 0 Å². The van der Waals surface area contributed by atoms with Crippen LogP contribution in [0.1, 0.15) is 118 Å². The SMILES string of the molecule is CCCCC1=Cc2c(ccc(C(C)(C)C)c2-c2cc(C(C)C)cc(C(C)C)c2)[CH]1[Zr]([Cl])([Cl])[c]1cccc2c1[SiH2]c1ccccc1-2. The van der Waals surface area contributed by atoms with Gasteiger partial charge in [0.05, 0.1) is 0 Å². The van der Waals surface area contributed by atoms with Crippen molar-refractivity contribution < 1.29 is 17.9 Å². The third-order valence-corrected chi connectivity index (χ3v) is 24.4. The molecule has 45 heavy (non-hydrogen) atoms. The zero-order valence-corrected chi connectivity index (χ0v) is 33.7. The van der Waals surface area contributed by atoms with Crippen LogP contribution in [0.4, 0.5) is 0 Å². The maximum atomic E-state index is 8.01. The molecule has 1 atom stereocenters. The zero-order valence-electron chi connectivity index (χ0n) is 28.3. The van der Waals surface area contributed by atoms with Crippen LogP contribution in [0.3, 0.4) is 0 Å². The van der Waals surface area contributed by atoms with Gasteiger partial charge in [0.25, 0.3) is 0 Å². The molecule has 0 bridgehead atoms. The van der Waals surface area contributed by atoms with Crippen LogP contribution in [0.2, 0.25) is 0 Å². The summed E-state index contributed by atoms with van der Waals surface area (Å²) < 4.78 is 1.43. The molecule has 1 aliphatic heterocycles. The van der Waals surface area contributed by atoms with Crippen molar-refractivity contribution in [3.05, 3.63) is 106 Å². The Balaban J connectivity index is 1.59. The van der Waals surface area contributed by atoms with Crippen molar-refractivity contribution in [3.63, 3.8) is 0 Å². The molecule has 1 unspecified atom stereocenters. The van der Waals surface area contributed by atoms with Crippen molar-refractivity contribution in [2.45, 2.75) is 95.5 Å². The molecule has 4 aromatic carbocycles. The number of benzene rings is 4. The number of unbranched alkanes of at least 4 members (excludes halogenated alkanes) is 1. The van der Waals surface area contributed by atoms with Crippen LogP contribution in [-0.4, -0.2) is 9.52 Å². The van der Waals surface area contributed by atoms with Gasteiger partial charge >= 0.3 is 288 Å². The predicted octanol–water partition coefficient (Wildman–Crippen LogP) is 10.4. The van der Waals surface area contributed by atoms with Crippen molar-refractivity contribution in [1.82, 2.24) is 0 Å². The summed E-state index contributed by atoms with van der Waals surface area (Å²) in [7, 11) is 15.4. The third-order valence-electron chi connectivity index (χ3n) is 10.1. The fraction of sp³-hybridized carbons (Fsp3) is 0.366. The molecular weight excluding hydrogens is 683 g/mol. The fourth-order valence-electron chi connectivity index (χ4n) is 7.59. The van der Waals surface area contributed by atoms with Gasteiger partial charge in [-0.25, -0.2) is 0 Å². The molecule has 0 saturated carbocycles. The fourth-order valence-corrected chi connectivity index (χ4v) is 24.4. The second-order valence-electron chi connectivity index (χ2n) is 15.0. The molecule has 0 saturated heterocycles. The summed E-state index contributed by atoms with van der Waals surface area (Å²) in [5.74, 6) is 0.924. The molecule has 1 heterocycles. The molecule has 0 radical (unpaired) electrons. The third kappa shape index (κ3) is 6.08. The Morgan fingerprint density at radius 3 is 2.13 bits per heavy atom. The molecule has 1 aliphatic carbocycles. The average Bonchev–Trinajstić information content (AvgIpc) is 3.57. The number of halogens is 2. The van der Waals surface area contributed by atoms with E-state index in [9.17, 15) is 0 Å². The van der Waals surface area contributed by atoms with E-state index in [-0.39, 0.29) is 9.04 Å². The molecule has 0 aromatic heterocycles. The first-order chi connectivity index (χ1) is 21.3. The number of hydrogen-bond acceptors (Lipinski definition) is 0. The molecule has 0 N–H and O–H groups in total. The maximum absolute atomic E-state index is 8.01. The normalized spacial score (nSPS) is 16.4. The van der Waals surface area contributed by atoms with E-state index in [1.165, 1.54) is 69.3 Å². The molecular formula is C41H48Cl2SiZr. The molecule has 0 fully saturated rings. The van der Waals surface area contributed by atoms with Gasteiger partial charge in [0.2, 0.25) is 0 Å². The molecule has 6 rings (SSSR count). The predicted molar refractivity (Wildman–Crippen MR) is 200 cm³/mol. The first kappa shape index (κ1) is 33.2. The first-order valence-electron chi connectivity index (χ1n) is 16.9. The molecule has 2 aliphatic rings. The van der Waals surface area contributed by atoms with E-state index in [0.717, 1.165) is 19.3 Å². The first-order valence-corrected chi connectivity index (χ1v) is 27.3. The molecule has 4 heteroatoms. The van der Waals surface area contributed by atoms with Crippen LogP contribution in [0.5, 0.6) is 0 Å². The van der Waals surface area contributed by atoms with Gasteiger partial charge in [-0.1, -0.05) is 0 Å². The number of rotatable bonds is 8. The van der Waals surface area contributed by atoms with E-state index in [1.54, 1.807) is 0 Å². The Morgan fingerprint density at radius 1 is 0.822 bits per heavy atom. The van der Waals surface area contributed by atoms with Gasteiger partial charge < -0.3 is 0 Å². The van der Waals surface area contributed by atoms with Crippen molar-refractivity contribution >= 4 is 46.3 Å². The Kier molecular flexibility index (Phi) is 9.39. The molecule has 0 nitrogen and oxygen atoms in total. The van der Waals surface area contributed by atoms with Crippen molar-refractivity contribution in [1.29, 1.82) is 0 Å². The van der Waals surface area contributed by atoms with Crippen LogP contribution < -0.4 is 13.6 Å². The summed E-state index contributed by atoms with van der Waals surface area (Å²) in [4.78, 5) is 0. The number of fused-ring (bicyclic) bond motifs is 4. The van der Waals surface area contributed by atoms with Crippen LogP contribution in [0.25, 0.3) is 28.3 Å². The standard InChI is InChI=1S/C29H39.C12H9Si.2ClH.Zr/c1-9-10-11-21-14-22-12-13-27(29(6,7)8)28(26(22)15-21)25-17-23(19(2)3)16-24(18-25)20(4)5;1-3-7-11-9(5-1)10-6-2-4-8-12(10)13-11;;;/h12-20H,9-11H2,1-8H3;1-7H,13H2;2*1H;/q;;;;+2/p-2. The second kappa shape index (κ2) is 12.7. The zero-order chi connectivity index (χ0) is 32.3. The van der Waals surface area contributed by atoms with Gasteiger partial charge in [-0.3, -0.25) is 0 Å². The van der Waals surface area contributed by atoms with Crippen LogP contribution in [0.15, 0.2) is 78.4 Å². The summed E-state index contributed by atoms with van der Waals surface area (Å²) in [5, 5.41) is 3.02. The van der Waals surface area contributed by atoms with Gasteiger partial charge in [0.15, 0.2) is 0 Å². The summed E-state index contributed by atoms with van der Waals surface area (Å²) in [6.07, 6.45) is 5.89. The Hall–Kier alpha value is -1.70. The Morgan fingerprint density at radius 2 is 1.49 bits per heavy atom. The van der Waals surface area contributed by atoms with E-state index in [0.29, 0.717) is 11.8 Å². The molecule has 234 valence electrons. The quantitative estimate of drug-likeness (QED) is 0.140. The van der Waals surface area contributed by atoms with Gasteiger partial charge in [-0.2, -0.15) is 0 Å². The molecule has 0 amide bonds. The van der Waals surface area contributed by atoms with Crippen LogP contribution in [-0.2, 0) is 23.3 Å². The summed E-state index contributed by atoms with van der Waals surface area (Å²) >= 11 is -4.05. The van der Waals surface area contributed by atoms with Gasteiger partial charge in [0.1, 0.15) is 0 Å². The van der Waals surface area contributed by atoms with E-state index in [4.69, 9.17) is 17.0 Å². The van der Waals surface area contributed by atoms with E-state index < -0.39 is 27.4 Å². The summed E-state index contributed by atoms with van der Waals surface area (Å²) in [6, 6.07) is 27.9. The van der Waals surface area contributed by atoms with Crippen molar-refractivity contribution in [3.8, 4) is 22.3 Å². The molecule has 4 aromatic rings. The van der Waals surface area contributed by atoms with E-state index in [2.05, 4.69) is 134 Å². The van der Waals surface area contributed by atoms with Gasteiger partial charge in [-0.05, 0) is 0 Å². The molecule has 0 spiro atoms. The van der Waals surface area contributed by atoms with Gasteiger partial charge in [0, 0.05) is 0 Å². The van der Waals surface area contributed by atoms with Crippen molar-refractivity contribution in [2.75, 3.05) is 0 Å². The van der Waals surface area contributed by atoms with E-state index in [1.807, 2.05) is 0 Å². The topological polar surface area (TPSA) is 0 Å². The van der Waals surface area contributed by atoms with Crippen LogP contribution in [0, 0.1) is 0 Å². The Bertz CT molecular complexity index is 1760. The monoisotopic (exact) mass is 728 g/mol. The number of allylic oxidation sites excluding steroid dienone is 1. The second-order valence-corrected chi connectivity index (χ2v) is 30.8. The minimum absolute atomic E-state index is 0.00831. The Labute approximate surface area is 286 Å². The number of hydrogen-bond donors (Lipinski definition) is 0. The summed E-state index contributed by atoms with van der Waals surface area (Å²) in [6.45, 7) is 18.6. The average molecular weight is 731 g/mol.